The van der Waals surface area contributed by atoms with Crippen LogP contribution in [0.2, 0.25) is 0 Å². The molecule has 0 saturated heterocycles. The van der Waals surface area contributed by atoms with Crippen LogP contribution in [0.1, 0.15) is 54.2 Å². The van der Waals surface area contributed by atoms with Crippen LogP contribution in [0.25, 0.3) is 44.4 Å². The van der Waals surface area contributed by atoms with Crippen molar-refractivity contribution in [2.75, 3.05) is 0 Å². The third kappa shape index (κ3) is 5.72. The Balaban J connectivity index is 0.00000386. The van der Waals surface area contributed by atoms with Gasteiger partial charge in [-0.1, -0.05) is 44.5 Å². The fourth-order valence-corrected chi connectivity index (χ4v) is 7.18. The minimum absolute atomic E-state index is 0. The molecule has 7 aromatic rings. The second-order valence-electron chi connectivity index (χ2n) is 11.9. The number of aryl methyl sites for hydroxylation is 1. The Morgan fingerprint density at radius 2 is 1.47 bits per heavy atom. The Hall–Kier alpha value is -4.47. The topological polar surface area (TPSA) is 44.9 Å². The Labute approximate surface area is 291 Å². The van der Waals surface area contributed by atoms with Crippen LogP contribution in [0, 0.1) is 32.9 Å². The predicted molar refractivity (Wildman–Crippen MR) is 188 cm³/mol. The maximum Gasteiger partial charge on any atom is 2.00 e. The van der Waals surface area contributed by atoms with Gasteiger partial charge in [-0.25, -0.2) is 4.98 Å². The molecule has 0 aliphatic rings. The zero-order chi connectivity index (χ0) is 31.9. The third-order valence-electron chi connectivity index (χ3n) is 9.22. The van der Waals surface area contributed by atoms with Crippen LogP contribution in [0.3, 0.4) is 0 Å². The van der Waals surface area contributed by atoms with E-state index >= 15 is 0 Å². The number of ether oxygens (including phenoxy) is 1. The van der Waals surface area contributed by atoms with E-state index in [-0.39, 0.29) is 21.1 Å². The van der Waals surface area contributed by atoms with Crippen molar-refractivity contribution in [3.63, 3.8) is 0 Å². The zero-order valence-electron chi connectivity index (χ0n) is 27.7. The molecule has 0 spiro atoms. The number of pyridine rings is 1. The Kier molecular flexibility index (Phi) is 9.21. The largest absolute Gasteiger partial charge is 2.00 e. The van der Waals surface area contributed by atoms with Crippen molar-refractivity contribution in [3.8, 4) is 34.1 Å². The number of nitrogens with zero attached hydrogens (tertiary/aromatic N) is 4. The van der Waals surface area contributed by atoms with Crippen LogP contribution in [-0.4, -0.2) is 19.3 Å². The van der Waals surface area contributed by atoms with E-state index in [0.717, 1.165) is 63.7 Å². The molecule has 0 aliphatic heterocycles. The van der Waals surface area contributed by atoms with Crippen LogP contribution >= 0.6 is 0 Å². The number of hydrogen-bond acceptors (Lipinski definition) is 3. The first-order valence-corrected chi connectivity index (χ1v) is 16.2. The molecule has 7 rings (SSSR count). The van der Waals surface area contributed by atoms with Crippen LogP contribution < -0.4 is 4.74 Å². The van der Waals surface area contributed by atoms with Gasteiger partial charge in [-0.3, -0.25) is 4.68 Å². The molecule has 5 nitrogen and oxygen atoms in total. The molecule has 0 bridgehead atoms. The molecule has 0 unspecified atom stereocenters. The van der Waals surface area contributed by atoms with E-state index in [1.54, 1.807) is 0 Å². The first-order chi connectivity index (χ1) is 22.4. The van der Waals surface area contributed by atoms with Crippen LogP contribution in [0.4, 0.5) is 0 Å². The third-order valence-corrected chi connectivity index (χ3v) is 9.22. The molecule has 4 aromatic carbocycles. The van der Waals surface area contributed by atoms with Gasteiger partial charge in [0.2, 0.25) is 0 Å². The summed E-state index contributed by atoms with van der Waals surface area (Å²) in [6, 6.07) is 29.4. The fourth-order valence-electron chi connectivity index (χ4n) is 7.18. The predicted octanol–water partition coefficient (Wildman–Crippen LogP) is 10.0. The molecule has 0 radical (unpaired) electrons. The van der Waals surface area contributed by atoms with E-state index in [4.69, 9.17) is 9.84 Å². The monoisotopic (exact) mass is 797 g/mol. The van der Waals surface area contributed by atoms with Crippen molar-refractivity contribution in [1.29, 1.82) is 0 Å². The van der Waals surface area contributed by atoms with Gasteiger partial charge in [0.25, 0.3) is 0 Å². The number of aromatic nitrogens is 4. The molecule has 0 fully saturated rings. The van der Waals surface area contributed by atoms with Crippen molar-refractivity contribution in [2.45, 2.75) is 60.8 Å². The van der Waals surface area contributed by atoms with Crippen LogP contribution in [0.15, 0.2) is 85.3 Å². The summed E-state index contributed by atoms with van der Waals surface area (Å²) < 4.78 is 10.4. The van der Waals surface area contributed by atoms with Gasteiger partial charge >= 0.3 is 21.1 Å². The SMILES string of the molecule is CCc1c(C)c(-c2cnn(-c3[c-]c(Oc4[c-]c5c(cc4)c4ccccc4n5-c4cc(C)ccn4)ccc3)c2)c(C)c(CC)c1CC.[Pt+2]. The summed E-state index contributed by atoms with van der Waals surface area (Å²) in [4.78, 5) is 4.69. The minimum atomic E-state index is 0. The standard InChI is InChI=1S/C41H38N4O.Pt/c1-7-33-27(5)41(28(6)34(8-2)35(33)9-3)29-24-43-44(25-29)30-13-12-14-31(22-30)46-32-17-18-37-36-15-10-11-16-38(36)45(39(37)23-32)40-21-26(4)19-20-42-40;/h10-21,24-25H,7-9H2,1-6H3;/q-2;+2. The molecular weight excluding hydrogens is 760 g/mol. The number of hydrogen-bond donors (Lipinski definition) is 0. The summed E-state index contributed by atoms with van der Waals surface area (Å²) in [5.74, 6) is 2.07. The van der Waals surface area contributed by atoms with Gasteiger partial charge in [0.15, 0.2) is 0 Å². The first kappa shape index (κ1) is 32.5. The molecule has 3 aromatic heterocycles. The first-order valence-electron chi connectivity index (χ1n) is 16.2. The molecule has 0 saturated carbocycles. The Bertz CT molecular complexity index is 2210. The fraction of sp³-hybridized carbons (Fsp3) is 0.220. The number of rotatable bonds is 8. The van der Waals surface area contributed by atoms with E-state index in [9.17, 15) is 0 Å². The van der Waals surface area contributed by atoms with Gasteiger partial charge in [-0.2, -0.15) is 17.2 Å². The van der Waals surface area contributed by atoms with E-state index in [1.807, 2.05) is 47.4 Å². The number of benzene rings is 4. The number of para-hydroxylation sites is 1. The van der Waals surface area contributed by atoms with E-state index < -0.39 is 0 Å². The van der Waals surface area contributed by atoms with Crippen molar-refractivity contribution in [1.82, 2.24) is 19.3 Å². The van der Waals surface area contributed by atoms with Crippen LogP contribution in [0.5, 0.6) is 11.5 Å². The Morgan fingerprint density at radius 3 is 2.19 bits per heavy atom. The molecule has 3 heterocycles. The van der Waals surface area contributed by atoms with Gasteiger partial charge in [-0.15, -0.1) is 35.7 Å². The summed E-state index contributed by atoms with van der Waals surface area (Å²) in [5, 5.41) is 7.03. The maximum atomic E-state index is 6.39. The van der Waals surface area contributed by atoms with Gasteiger partial charge in [0.1, 0.15) is 5.82 Å². The summed E-state index contributed by atoms with van der Waals surface area (Å²) in [6.45, 7) is 13.4. The molecule has 0 aliphatic carbocycles. The quantitative estimate of drug-likeness (QED) is 0.144. The van der Waals surface area contributed by atoms with Gasteiger partial charge in [0, 0.05) is 35.0 Å². The average Bonchev–Trinajstić information content (AvgIpc) is 3.68. The summed E-state index contributed by atoms with van der Waals surface area (Å²) in [7, 11) is 0. The summed E-state index contributed by atoms with van der Waals surface area (Å²) in [5.41, 5.74) is 13.6. The molecule has 0 amide bonds. The summed E-state index contributed by atoms with van der Waals surface area (Å²) >= 11 is 0. The molecule has 47 heavy (non-hydrogen) atoms. The zero-order valence-corrected chi connectivity index (χ0v) is 30.0. The van der Waals surface area contributed by atoms with E-state index in [1.165, 1.54) is 33.4 Å². The van der Waals surface area contributed by atoms with Crippen molar-refractivity contribution >= 4 is 21.8 Å². The van der Waals surface area contributed by atoms with Gasteiger partial charge in [-0.05, 0) is 108 Å². The molecule has 238 valence electrons. The van der Waals surface area contributed by atoms with E-state index in [2.05, 4.69) is 106 Å². The second-order valence-corrected chi connectivity index (χ2v) is 11.9. The van der Waals surface area contributed by atoms with Crippen molar-refractivity contribution in [3.05, 3.63) is 131 Å². The van der Waals surface area contributed by atoms with Crippen molar-refractivity contribution in [2.24, 2.45) is 0 Å². The summed E-state index contributed by atoms with van der Waals surface area (Å²) in [6.07, 6.45) is 9.05. The van der Waals surface area contributed by atoms with E-state index in [0.29, 0.717) is 11.5 Å². The minimum Gasteiger partial charge on any atom is -0.509 e. The van der Waals surface area contributed by atoms with Crippen LogP contribution in [-0.2, 0) is 40.3 Å². The maximum absolute atomic E-state index is 6.39. The molecule has 6 heteroatoms. The molecule has 0 N–H and O–H groups in total. The average molecular weight is 798 g/mol. The van der Waals surface area contributed by atoms with Gasteiger partial charge in [0.05, 0.1) is 6.20 Å². The van der Waals surface area contributed by atoms with Crippen molar-refractivity contribution < 1.29 is 25.8 Å². The number of fused-ring (bicyclic) bond motifs is 3. The second kappa shape index (κ2) is 13.3. The molecule has 0 atom stereocenters. The normalized spacial score (nSPS) is 11.3. The Morgan fingerprint density at radius 1 is 0.745 bits per heavy atom. The molecular formula is C41H38N4OPt. The van der Waals surface area contributed by atoms with Gasteiger partial charge < -0.3 is 9.30 Å². The smallest absolute Gasteiger partial charge is 0.509 e.